The molecule has 0 bridgehead atoms. The lowest BCUT2D eigenvalue weighted by atomic mass is 9.98. The minimum Gasteiger partial charge on any atom is -0.496 e. The molecule has 0 radical (unpaired) electrons. The highest BCUT2D eigenvalue weighted by Gasteiger charge is 2.21. The van der Waals surface area contributed by atoms with Gasteiger partial charge in [0.25, 0.3) is 0 Å². The second kappa shape index (κ2) is 7.29. The van der Waals surface area contributed by atoms with Crippen molar-refractivity contribution in [2.24, 2.45) is 0 Å². The van der Waals surface area contributed by atoms with Gasteiger partial charge in [-0.05, 0) is 30.8 Å². The molecule has 1 aromatic carbocycles. The highest BCUT2D eigenvalue weighted by Crippen LogP contribution is 2.35. The topological polar surface area (TPSA) is 43.4 Å². The monoisotopic (exact) mass is 306 g/mol. The number of halogens is 1. The van der Waals surface area contributed by atoms with Crippen molar-refractivity contribution in [1.82, 2.24) is 10.3 Å². The molecule has 0 spiro atoms. The van der Waals surface area contributed by atoms with Gasteiger partial charge < -0.3 is 14.8 Å². The van der Waals surface area contributed by atoms with Gasteiger partial charge in [-0.3, -0.25) is 4.98 Å². The molecule has 1 N–H and O–H groups in total. The van der Waals surface area contributed by atoms with Crippen LogP contribution in [0.1, 0.15) is 24.1 Å². The van der Waals surface area contributed by atoms with Crippen molar-refractivity contribution in [3.63, 3.8) is 0 Å². The molecule has 21 heavy (non-hydrogen) atoms. The smallest absolute Gasteiger partial charge is 0.142 e. The van der Waals surface area contributed by atoms with E-state index in [0.29, 0.717) is 5.02 Å². The Labute approximate surface area is 130 Å². The molecule has 0 saturated carbocycles. The molecule has 4 nitrogen and oxygen atoms in total. The molecule has 0 aliphatic heterocycles. The Morgan fingerprint density at radius 1 is 1.14 bits per heavy atom. The molecule has 112 valence electrons. The standard InChI is InChI=1S/C16H19ClN2O2/c1-4-19-16(12-7-8-18-10-15(12)21-3)13-9-11(17)5-6-14(13)20-2/h5-10,16,19H,4H2,1-3H3. The van der Waals surface area contributed by atoms with Crippen molar-refractivity contribution in [3.05, 3.63) is 52.8 Å². The number of aromatic nitrogens is 1. The quantitative estimate of drug-likeness (QED) is 0.887. The van der Waals surface area contributed by atoms with Gasteiger partial charge >= 0.3 is 0 Å². The molecule has 0 amide bonds. The van der Waals surface area contributed by atoms with E-state index in [1.54, 1.807) is 26.6 Å². The highest BCUT2D eigenvalue weighted by molar-refractivity contribution is 6.30. The lowest BCUT2D eigenvalue weighted by Crippen LogP contribution is -2.23. The first-order valence-electron chi connectivity index (χ1n) is 6.76. The van der Waals surface area contributed by atoms with E-state index in [2.05, 4.69) is 17.2 Å². The van der Waals surface area contributed by atoms with E-state index in [1.165, 1.54) is 0 Å². The van der Waals surface area contributed by atoms with Gasteiger partial charge in [0.15, 0.2) is 0 Å². The summed E-state index contributed by atoms with van der Waals surface area (Å²) in [5.41, 5.74) is 1.96. The van der Waals surface area contributed by atoms with Gasteiger partial charge in [0, 0.05) is 22.3 Å². The summed E-state index contributed by atoms with van der Waals surface area (Å²) in [6, 6.07) is 7.45. The van der Waals surface area contributed by atoms with Crippen LogP contribution in [0.25, 0.3) is 0 Å². The fourth-order valence-electron chi connectivity index (χ4n) is 2.32. The summed E-state index contributed by atoms with van der Waals surface area (Å²) in [6.07, 6.45) is 3.45. The summed E-state index contributed by atoms with van der Waals surface area (Å²) in [4.78, 5) is 4.10. The van der Waals surface area contributed by atoms with Crippen LogP contribution in [-0.4, -0.2) is 25.7 Å². The highest BCUT2D eigenvalue weighted by atomic mass is 35.5. The summed E-state index contributed by atoms with van der Waals surface area (Å²) in [5.74, 6) is 1.51. The molecular weight excluding hydrogens is 288 g/mol. The van der Waals surface area contributed by atoms with Gasteiger partial charge in [0.1, 0.15) is 11.5 Å². The lowest BCUT2D eigenvalue weighted by Gasteiger charge is -2.23. The zero-order chi connectivity index (χ0) is 15.2. The maximum atomic E-state index is 6.15. The van der Waals surface area contributed by atoms with E-state index in [1.807, 2.05) is 24.3 Å². The Hall–Kier alpha value is -1.78. The molecule has 0 aliphatic carbocycles. The van der Waals surface area contributed by atoms with E-state index in [-0.39, 0.29) is 6.04 Å². The summed E-state index contributed by atoms with van der Waals surface area (Å²) < 4.78 is 10.9. The minimum absolute atomic E-state index is 0.0819. The van der Waals surface area contributed by atoms with Crippen LogP contribution in [0.4, 0.5) is 0 Å². The molecule has 2 aromatic rings. The number of nitrogens with one attached hydrogen (secondary N) is 1. The van der Waals surface area contributed by atoms with Gasteiger partial charge in [-0.15, -0.1) is 0 Å². The third-order valence-electron chi connectivity index (χ3n) is 3.26. The average molecular weight is 307 g/mol. The Morgan fingerprint density at radius 3 is 2.57 bits per heavy atom. The second-order valence-electron chi connectivity index (χ2n) is 4.49. The Balaban J connectivity index is 2.55. The van der Waals surface area contributed by atoms with Crippen LogP contribution < -0.4 is 14.8 Å². The molecule has 2 rings (SSSR count). The fourth-order valence-corrected chi connectivity index (χ4v) is 2.50. The number of methoxy groups -OCH3 is 2. The van der Waals surface area contributed by atoms with Crippen molar-refractivity contribution >= 4 is 11.6 Å². The molecule has 1 heterocycles. The van der Waals surface area contributed by atoms with Gasteiger partial charge in [0.2, 0.25) is 0 Å². The fraction of sp³-hybridized carbons (Fsp3) is 0.312. The van der Waals surface area contributed by atoms with Crippen LogP contribution in [0.3, 0.4) is 0 Å². The van der Waals surface area contributed by atoms with Crippen LogP contribution >= 0.6 is 11.6 Å². The maximum Gasteiger partial charge on any atom is 0.142 e. The number of pyridine rings is 1. The Bertz CT molecular complexity index is 605. The number of ether oxygens (including phenoxy) is 2. The lowest BCUT2D eigenvalue weighted by molar-refractivity contribution is 0.393. The summed E-state index contributed by atoms with van der Waals surface area (Å²) in [6.45, 7) is 2.85. The van der Waals surface area contributed by atoms with Crippen molar-refractivity contribution < 1.29 is 9.47 Å². The first-order valence-corrected chi connectivity index (χ1v) is 7.13. The van der Waals surface area contributed by atoms with E-state index in [0.717, 1.165) is 29.2 Å². The predicted molar refractivity (Wildman–Crippen MR) is 84.3 cm³/mol. The van der Waals surface area contributed by atoms with Gasteiger partial charge in [0.05, 0.1) is 26.5 Å². The van der Waals surface area contributed by atoms with Crippen molar-refractivity contribution in [3.8, 4) is 11.5 Å². The zero-order valence-electron chi connectivity index (χ0n) is 12.4. The van der Waals surface area contributed by atoms with Gasteiger partial charge in [-0.1, -0.05) is 18.5 Å². The van der Waals surface area contributed by atoms with Crippen LogP contribution in [0.15, 0.2) is 36.7 Å². The third-order valence-corrected chi connectivity index (χ3v) is 3.49. The number of nitrogens with zero attached hydrogens (tertiary/aromatic N) is 1. The molecular formula is C16H19ClN2O2. The van der Waals surface area contributed by atoms with E-state index in [9.17, 15) is 0 Å². The third kappa shape index (κ3) is 3.46. The minimum atomic E-state index is -0.0819. The van der Waals surface area contributed by atoms with Gasteiger partial charge in [-0.2, -0.15) is 0 Å². The summed E-state index contributed by atoms with van der Waals surface area (Å²) >= 11 is 6.15. The SMILES string of the molecule is CCNC(c1ccncc1OC)c1cc(Cl)ccc1OC. The molecule has 1 atom stereocenters. The van der Waals surface area contributed by atoms with Crippen LogP contribution in [0, 0.1) is 0 Å². The summed E-state index contributed by atoms with van der Waals surface area (Å²) in [5, 5.41) is 4.11. The van der Waals surface area contributed by atoms with E-state index >= 15 is 0 Å². The zero-order valence-corrected chi connectivity index (χ0v) is 13.1. The normalized spacial score (nSPS) is 12.0. The van der Waals surface area contributed by atoms with Crippen LogP contribution in [0.5, 0.6) is 11.5 Å². The van der Waals surface area contributed by atoms with Crippen molar-refractivity contribution in [2.45, 2.75) is 13.0 Å². The number of hydrogen-bond donors (Lipinski definition) is 1. The number of rotatable bonds is 6. The number of hydrogen-bond acceptors (Lipinski definition) is 4. The predicted octanol–water partition coefficient (Wildman–Crippen LogP) is 3.45. The van der Waals surface area contributed by atoms with Crippen LogP contribution in [0.2, 0.25) is 5.02 Å². The molecule has 5 heteroatoms. The van der Waals surface area contributed by atoms with E-state index < -0.39 is 0 Å². The number of benzene rings is 1. The molecule has 0 fully saturated rings. The van der Waals surface area contributed by atoms with Gasteiger partial charge in [-0.25, -0.2) is 0 Å². The molecule has 0 saturated heterocycles. The molecule has 1 unspecified atom stereocenters. The largest absolute Gasteiger partial charge is 0.496 e. The Kier molecular flexibility index (Phi) is 5.42. The average Bonchev–Trinajstić information content (AvgIpc) is 2.52. The van der Waals surface area contributed by atoms with Crippen molar-refractivity contribution in [2.75, 3.05) is 20.8 Å². The maximum absolute atomic E-state index is 6.15. The first kappa shape index (κ1) is 15.6. The van der Waals surface area contributed by atoms with E-state index in [4.69, 9.17) is 21.1 Å². The Morgan fingerprint density at radius 2 is 1.90 bits per heavy atom. The molecule has 1 aromatic heterocycles. The summed E-state index contributed by atoms with van der Waals surface area (Å²) in [7, 11) is 3.29. The first-order chi connectivity index (χ1) is 10.2. The second-order valence-corrected chi connectivity index (χ2v) is 4.93. The molecule has 0 aliphatic rings. The van der Waals surface area contributed by atoms with Crippen molar-refractivity contribution in [1.29, 1.82) is 0 Å². The van der Waals surface area contributed by atoms with Crippen LogP contribution in [-0.2, 0) is 0 Å².